The van der Waals surface area contributed by atoms with E-state index in [1.165, 1.54) is 36.4 Å². The highest BCUT2D eigenvalue weighted by Gasteiger charge is 2.25. The SMILES string of the molecule is CC(C)C(NC(=O)CCOCCOCCOCCOCCOCCOCCN1C(=O)C=CC1=O)C(=O)NCC(=O)Nc1ccc(COC(=O)Oc2ccc(NO)cc2)cc1. The quantitative estimate of drug-likeness (QED) is 0.0239. The molecule has 1 aliphatic heterocycles. The molecule has 0 spiro atoms. The van der Waals surface area contributed by atoms with Crippen molar-refractivity contribution >= 4 is 47.1 Å². The van der Waals surface area contributed by atoms with Gasteiger partial charge >= 0.3 is 6.16 Å². The van der Waals surface area contributed by atoms with Crippen LogP contribution in [0, 0.1) is 5.92 Å². The minimum Gasteiger partial charge on any atom is -0.429 e. The molecule has 0 aromatic heterocycles. The molecule has 0 aliphatic carbocycles. The molecular formula is C40H55N5O15. The number of rotatable bonds is 31. The van der Waals surface area contributed by atoms with Gasteiger partial charge in [0.05, 0.1) is 98.1 Å². The van der Waals surface area contributed by atoms with Crippen LogP contribution in [0.3, 0.4) is 0 Å². The van der Waals surface area contributed by atoms with Crippen LogP contribution in [0.4, 0.5) is 16.2 Å². The van der Waals surface area contributed by atoms with Crippen molar-refractivity contribution in [2.75, 3.05) is 103 Å². The van der Waals surface area contributed by atoms with Crippen molar-refractivity contribution in [3.8, 4) is 5.75 Å². The second kappa shape index (κ2) is 28.9. The normalized spacial score (nSPS) is 12.7. The van der Waals surface area contributed by atoms with Crippen LogP contribution < -0.4 is 26.2 Å². The third-order valence-corrected chi connectivity index (χ3v) is 8.16. The smallest absolute Gasteiger partial charge is 0.429 e. The lowest BCUT2D eigenvalue weighted by atomic mass is 10.0. The van der Waals surface area contributed by atoms with Gasteiger partial charge in [0.2, 0.25) is 17.7 Å². The summed E-state index contributed by atoms with van der Waals surface area (Å²) in [6.45, 7) is 7.32. The van der Waals surface area contributed by atoms with Gasteiger partial charge in [0.1, 0.15) is 18.4 Å². The number of anilines is 2. The largest absolute Gasteiger partial charge is 0.514 e. The summed E-state index contributed by atoms with van der Waals surface area (Å²) < 4.78 is 42.8. The zero-order valence-corrected chi connectivity index (χ0v) is 33.9. The molecule has 3 rings (SSSR count). The van der Waals surface area contributed by atoms with Crippen LogP contribution in [0.25, 0.3) is 0 Å². The molecule has 1 unspecified atom stereocenters. The Morgan fingerprint density at radius 1 is 0.650 bits per heavy atom. The Morgan fingerprint density at radius 3 is 1.67 bits per heavy atom. The summed E-state index contributed by atoms with van der Waals surface area (Å²) >= 11 is 0. The molecule has 5 amide bonds. The summed E-state index contributed by atoms with van der Waals surface area (Å²) in [7, 11) is 0. The number of nitrogens with zero attached hydrogens (tertiary/aromatic N) is 1. The van der Waals surface area contributed by atoms with E-state index in [-0.39, 0.29) is 75.3 Å². The van der Waals surface area contributed by atoms with Crippen molar-refractivity contribution < 1.29 is 71.9 Å². The Balaban J connectivity index is 1.12. The van der Waals surface area contributed by atoms with E-state index >= 15 is 0 Å². The highest BCUT2D eigenvalue weighted by Crippen LogP contribution is 2.16. The standard InChI is InChI=1S/C40H55N5O15/c1-29(2)38(39(50)41-27-35(47)42-31-5-3-30(4-6-31)28-59-40(51)60-33-9-7-32(44-52)8-10-33)43-34(46)13-15-53-17-19-55-21-23-57-25-26-58-24-22-56-20-18-54-16-14-45-36(48)11-12-37(45)49/h3-12,29,38,44,52H,13-28H2,1-2H3,(H,41,50)(H,42,47)(H,43,46). The van der Waals surface area contributed by atoms with Gasteiger partial charge in [0.15, 0.2) is 0 Å². The van der Waals surface area contributed by atoms with Crippen molar-refractivity contribution in [2.45, 2.75) is 32.9 Å². The van der Waals surface area contributed by atoms with Crippen LogP contribution in [-0.4, -0.2) is 144 Å². The summed E-state index contributed by atoms with van der Waals surface area (Å²) in [6.07, 6.45) is 1.59. The Labute approximate surface area is 348 Å². The Kier molecular flexibility index (Phi) is 23.5. The molecule has 330 valence electrons. The summed E-state index contributed by atoms with van der Waals surface area (Å²) in [5.74, 6) is -2.04. The summed E-state index contributed by atoms with van der Waals surface area (Å²) in [5.41, 5.74) is 3.49. The topological polar surface area (TPSA) is 248 Å². The molecule has 0 fully saturated rings. The number of nitrogens with one attached hydrogen (secondary N) is 4. The minimum absolute atomic E-state index is 0.0293. The molecule has 60 heavy (non-hydrogen) atoms. The molecule has 5 N–H and O–H groups in total. The van der Waals surface area contributed by atoms with E-state index in [9.17, 15) is 28.8 Å². The van der Waals surface area contributed by atoms with E-state index in [0.717, 1.165) is 4.90 Å². The molecule has 2 aromatic rings. The summed E-state index contributed by atoms with van der Waals surface area (Å²) in [4.78, 5) is 73.8. The molecule has 0 saturated heterocycles. The lowest BCUT2D eigenvalue weighted by Crippen LogP contribution is -2.51. The predicted octanol–water partition coefficient (Wildman–Crippen LogP) is 1.81. The van der Waals surface area contributed by atoms with E-state index in [1.54, 1.807) is 38.1 Å². The van der Waals surface area contributed by atoms with Crippen molar-refractivity contribution in [1.82, 2.24) is 15.5 Å². The summed E-state index contributed by atoms with van der Waals surface area (Å²) in [5, 5.41) is 16.8. The van der Waals surface area contributed by atoms with E-state index in [4.69, 9.17) is 43.1 Å². The highest BCUT2D eigenvalue weighted by atomic mass is 16.7. The van der Waals surface area contributed by atoms with Crippen LogP contribution in [0.15, 0.2) is 60.7 Å². The van der Waals surface area contributed by atoms with Gasteiger partial charge in [-0.25, -0.2) is 4.79 Å². The Hall–Kier alpha value is -5.48. The maximum atomic E-state index is 12.8. The average Bonchev–Trinajstić information content (AvgIpc) is 3.56. The first-order valence-corrected chi connectivity index (χ1v) is 19.4. The van der Waals surface area contributed by atoms with E-state index in [2.05, 4.69) is 16.0 Å². The molecule has 0 radical (unpaired) electrons. The maximum Gasteiger partial charge on any atom is 0.514 e. The fourth-order valence-electron chi connectivity index (χ4n) is 4.99. The molecule has 20 nitrogen and oxygen atoms in total. The number of amides is 5. The number of ether oxygens (including phenoxy) is 8. The molecule has 20 heteroatoms. The van der Waals surface area contributed by atoms with Gasteiger partial charge in [0.25, 0.3) is 11.8 Å². The molecular weight excluding hydrogens is 790 g/mol. The second-order valence-electron chi connectivity index (χ2n) is 13.1. The van der Waals surface area contributed by atoms with Crippen molar-refractivity contribution in [3.63, 3.8) is 0 Å². The first-order chi connectivity index (χ1) is 29.0. The van der Waals surface area contributed by atoms with Gasteiger partial charge < -0.3 is 53.8 Å². The third-order valence-electron chi connectivity index (χ3n) is 8.16. The first kappa shape index (κ1) is 48.9. The third kappa shape index (κ3) is 20.5. The zero-order valence-electron chi connectivity index (χ0n) is 33.9. The molecule has 1 aliphatic rings. The van der Waals surface area contributed by atoms with Gasteiger partial charge in [-0.05, 0) is 47.9 Å². The van der Waals surface area contributed by atoms with Gasteiger partial charge in [-0.2, -0.15) is 0 Å². The van der Waals surface area contributed by atoms with Crippen molar-refractivity contribution in [3.05, 3.63) is 66.2 Å². The first-order valence-electron chi connectivity index (χ1n) is 19.4. The van der Waals surface area contributed by atoms with Crippen LogP contribution in [0.5, 0.6) is 5.75 Å². The molecule has 1 heterocycles. The number of hydrogen-bond acceptors (Lipinski definition) is 16. The number of benzene rings is 2. The number of hydrogen-bond donors (Lipinski definition) is 5. The molecule has 0 bridgehead atoms. The number of imide groups is 1. The molecule has 0 saturated carbocycles. The molecule has 1 atom stereocenters. The van der Waals surface area contributed by atoms with Crippen LogP contribution >= 0.6 is 0 Å². The van der Waals surface area contributed by atoms with E-state index in [1.807, 2.05) is 5.48 Å². The number of carbonyl (C=O) groups is 6. The van der Waals surface area contributed by atoms with Crippen LogP contribution in [0.1, 0.15) is 25.8 Å². The maximum absolute atomic E-state index is 12.8. The van der Waals surface area contributed by atoms with E-state index < -0.39 is 24.0 Å². The monoisotopic (exact) mass is 845 g/mol. The second-order valence-corrected chi connectivity index (χ2v) is 13.1. The zero-order chi connectivity index (χ0) is 43.4. The van der Waals surface area contributed by atoms with Crippen LogP contribution in [0.2, 0.25) is 0 Å². The van der Waals surface area contributed by atoms with Gasteiger partial charge in [-0.1, -0.05) is 26.0 Å². The van der Waals surface area contributed by atoms with Crippen molar-refractivity contribution in [2.24, 2.45) is 5.92 Å². The summed E-state index contributed by atoms with van der Waals surface area (Å²) in [6, 6.07) is 11.6. The predicted molar refractivity (Wildman–Crippen MR) is 213 cm³/mol. The van der Waals surface area contributed by atoms with E-state index in [0.29, 0.717) is 76.4 Å². The average molecular weight is 846 g/mol. The number of carbonyl (C=O) groups excluding carboxylic acids is 6. The molecule has 2 aromatic carbocycles. The fourth-order valence-corrected chi connectivity index (χ4v) is 4.99. The van der Waals surface area contributed by atoms with Gasteiger partial charge in [-0.3, -0.25) is 39.6 Å². The fraction of sp³-hybridized carbons (Fsp3) is 0.500. The lowest BCUT2D eigenvalue weighted by molar-refractivity contribution is -0.137. The highest BCUT2D eigenvalue weighted by molar-refractivity contribution is 6.12. The lowest BCUT2D eigenvalue weighted by Gasteiger charge is -2.21. The van der Waals surface area contributed by atoms with Gasteiger partial charge in [0, 0.05) is 24.3 Å². The minimum atomic E-state index is -0.914. The van der Waals surface area contributed by atoms with Gasteiger partial charge in [-0.15, -0.1) is 0 Å². The van der Waals surface area contributed by atoms with Crippen molar-refractivity contribution in [1.29, 1.82) is 0 Å². The Bertz CT molecular complexity index is 1640. The Morgan fingerprint density at radius 2 is 1.15 bits per heavy atom. The van der Waals surface area contributed by atoms with Crippen LogP contribution in [-0.2, 0) is 63.7 Å².